The van der Waals surface area contributed by atoms with Gasteiger partial charge in [0.05, 0.1) is 6.04 Å². The van der Waals surface area contributed by atoms with Crippen molar-refractivity contribution in [2.24, 2.45) is 23.7 Å². The molecule has 46 heavy (non-hydrogen) atoms. The smallest absolute Gasteiger partial charge is 0.245 e. The van der Waals surface area contributed by atoms with E-state index in [1.807, 2.05) is 25.7 Å². The maximum atomic E-state index is 12.5. The van der Waals surface area contributed by atoms with Crippen LogP contribution in [0.25, 0.3) is 0 Å². The highest BCUT2D eigenvalue weighted by Gasteiger charge is 2.31. The van der Waals surface area contributed by atoms with E-state index in [1.165, 1.54) is 39.0 Å². The molecule has 4 atom stereocenters. The van der Waals surface area contributed by atoms with E-state index < -0.39 is 0 Å². The largest absolute Gasteiger partial charge is 0.356 e. The molecule has 3 N–H and O–H groups in total. The van der Waals surface area contributed by atoms with E-state index >= 15 is 0 Å². The molecule has 4 unspecified atom stereocenters. The van der Waals surface area contributed by atoms with Crippen LogP contribution >= 0.6 is 0 Å². The van der Waals surface area contributed by atoms with Gasteiger partial charge in [0.15, 0.2) is 5.78 Å². The highest BCUT2D eigenvalue weighted by Crippen LogP contribution is 2.23. The monoisotopic (exact) mass is 649 g/mol. The van der Waals surface area contributed by atoms with E-state index in [-0.39, 0.29) is 53.3 Å². The molecule has 266 valence electrons. The number of Topliss-reactive ketones (excluding diaryl/α,β-unsaturated/α-hetero) is 1. The molecule has 3 fully saturated rings. The minimum atomic E-state index is -0.371. The number of nitrogens with one attached hydrogen (secondary N) is 3. The van der Waals surface area contributed by atoms with Gasteiger partial charge in [-0.25, -0.2) is 0 Å². The molecule has 9 nitrogen and oxygen atoms in total. The van der Waals surface area contributed by atoms with Gasteiger partial charge in [-0.05, 0) is 57.8 Å². The van der Waals surface area contributed by atoms with Crippen LogP contribution in [0.5, 0.6) is 0 Å². The molecule has 2 heterocycles. The first-order chi connectivity index (χ1) is 21.9. The Bertz CT molecular complexity index is 923. The lowest BCUT2D eigenvalue weighted by Crippen LogP contribution is -2.51. The van der Waals surface area contributed by atoms with Crippen molar-refractivity contribution >= 4 is 29.9 Å². The summed E-state index contributed by atoms with van der Waals surface area (Å²) in [5.74, 6) is 1.07. The molecule has 0 aromatic heterocycles. The minimum absolute atomic E-state index is 0.00158. The maximum Gasteiger partial charge on any atom is 0.245 e. The van der Waals surface area contributed by atoms with Crippen molar-refractivity contribution in [1.82, 2.24) is 20.9 Å². The van der Waals surface area contributed by atoms with Gasteiger partial charge in [-0.2, -0.15) is 0 Å². The van der Waals surface area contributed by atoms with Crippen molar-refractivity contribution in [3.8, 4) is 0 Å². The number of hydrogen-bond acceptors (Lipinski definition) is 5. The second-order valence-corrected chi connectivity index (χ2v) is 13.6. The first-order valence-electron chi connectivity index (χ1n) is 18.1. The fourth-order valence-corrected chi connectivity index (χ4v) is 5.89. The van der Waals surface area contributed by atoms with Crippen molar-refractivity contribution in [2.75, 3.05) is 19.6 Å². The van der Waals surface area contributed by atoms with Crippen LogP contribution < -0.4 is 16.0 Å². The quantitative estimate of drug-likeness (QED) is 0.159. The highest BCUT2D eigenvalue weighted by atomic mass is 16.2. The number of carbonyl (C=O) groups is 5. The van der Waals surface area contributed by atoms with Crippen molar-refractivity contribution in [3.05, 3.63) is 11.6 Å². The summed E-state index contributed by atoms with van der Waals surface area (Å²) < 4.78 is 0. The molecule has 0 spiro atoms. The summed E-state index contributed by atoms with van der Waals surface area (Å²) in [5.41, 5.74) is 0.553. The van der Waals surface area contributed by atoms with Crippen LogP contribution in [-0.4, -0.2) is 66.5 Å². The van der Waals surface area contributed by atoms with Crippen LogP contribution in [0, 0.1) is 23.7 Å². The Balaban J connectivity index is 0.000000698. The number of unbranched alkanes of at least 4 members (excludes halogenated alkanes) is 1. The predicted molar refractivity (Wildman–Crippen MR) is 188 cm³/mol. The third-order valence-electron chi connectivity index (χ3n) is 8.78. The van der Waals surface area contributed by atoms with Gasteiger partial charge in [-0.1, -0.05) is 99.5 Å². The number of ketones is 1. The van der Waals surface area contributed by atoms with E-state index in [0.29, 0.717) is 24.9 Å². The molecule has 2 saturated heterocycles. The summed E-state index contributed by atoms with van der Waals surface area (Å²) in [4.78, 5) is 60.0. The van der Waals surface area contributed by atoms with Crippen LogP contribution in [-0.2, 0) is 24.0 Å². The van der Waals surface area contributed by atoms with Crippen molar-refractivity contribution in [2.45, 2.75) is 151 Å². The first kappa shape index (κ1) is 43.3. The van der Waals surface area contributed by atoms with Crippen LogP contribution in [0.4, 0.5) is 0 Å². The Morgan fingerprint density at radius 3 is 1.98 bits per heavy atom. The lowest BCUT2D eigenvalue weighted by atomic mass is 9.92. The topological polar surface area (TPSA) is 125 Å². The molecular weight excluding hydrogens is 580 g/mol. The van der Waals surface area contributed by atoms with Gasteiger partial charge >= 0.3 is 0 Å². The summed E-state index contributed by atoms with van der Waals surface area (Å²) in [5, 5.41) is 8.33. The predicted octanol–water partition coefficient (Wildman–Crippen LogP) is 6.35. The third-order valence-corrected chi connectivity index (χ3v) is 8.78. The summed E-state index contributed by atoms with van der Waals surface area (Å²) >= 11 is 0. The molecule has 3 rings (SSSR count). The van der Waals surface area contributed by atoms with Gasteiger partial charge in [0, 0.05) is 37.0 Å². The lowest BCUT2D eigenvalue weighted by Gasteiger charge is -2.27. The Morgan fingerprint density at radius 1 is 1.00 bits per heavy atom. The zero-order valence-corrected chi connectivity index (χ0v) is 30.7. The summed E-state index contributed by atoms with van der Waals surface area (Å²) in [6.45, 7) is 20.2. The molecule has 0 aromatic carbocycles. The highest BCUT2D eigenvalue weighted by molar-refractivity contribution is 5.95. The summed E-state index contributed by atoms with van der Waals surface area (Å²) in [7, 11) is 0. The van der Waals surface area contributed by atoms with E-state index in [4.69, 9.17) is 0 Å². The van der Waals surface area contributed by atoms with Crippen molar-refractivity contribution in [1.29, 1.82) is 0 Å². The van der Waals surface area contributed by atoms with Crippen LogP contribution in [0.3, 0.4) is 0 Å². The SMILES string of the molecule is C/C=C(\C(C)=O)C(CC1CCNC1=O)NC=O.CC1CCCC1.CCC.CCCCC(C)C(=O)NC(C(=O)N1CCCC1)C(C)C. The molecular formula is C37H68N4O5. The number of amides is 4. The molecule has 4 amide bonds. The second kappa shape index (κ2) is 25.4. The molecule has 1 aliphatic carbocycles. The Kier molecular flexibility index (Phi) is 23.9. The third kappa shape index (κ3) is 17.3. The summed E-state index contributed by atoms with van der Waals surface area (Å²) in [6.07, 6.45) is 15.9. The number of carbonyl (C=O) groups excluding carboxylic acids is 5. The molecule has 0 radical (unpaired) electrons. The van der Waals surface area contributed by atoms with Crippen LogP contribution in [0.2, 0.25) is 0 Å². The normalized spacial score (nSPS) is 19.7. The molecule has 9 heteroatoms. The van der Waals surface area contributed by atoms with Gasteiger partial charge in [-0.3, -0.25) is 24.0 Å². The first-order valence-corrected chi connectivity index (χ1v) is 18.1. The van der Waals surface area contributed by atoms with Crippen molar-refractivity contribution < 1.29 is 24.0 Å². The number of rotatable bonds is 13. The molecule has 0 bridgehead atoms. The molecule has 1 saturated carbocycles. The standard InChI is InChI=1S/C16H30N2O2.C12H18N2O3.C6H12.C3H8/c1-5-6-9-13(4)15(19)17-14(12(2)3)16(20)18-10-7-8-11-18;1-3-10(8(2)16)11(14-7-15)6-9-4-5-13-12(9)17;1-6-4-2-3-5-6;1-3-2/h12-14H,5-11H2,1-4H3,(H,17,19);3,7,9,11H,4-6H2,1-2H3,(H,13,17)(H,14,15);6H,2-5H2,1H3;3H2,1-2H3/b;10-3+;;. The Labute approximate surface area is 280 Å². The average molecular weight is 649 g/mol. The van der Waals surface area contributed by atoms with Crippen molar-refractivity contribution in [3.63, 3.8) is 0 Å². The number of allylic oxidation sites excluding steroid dienone is 1. The molecule has 0 aromatic rings. The molecule has 2 aliphatic heterocycles. The van der Waals surface area contributed by atoms with Gasteiger partial charge in [-0.15, -0.1) is 0 Å². The number of nitrogens with zero attached hydrogens (tertiary/aromatic N) is 1. The van der Waals surface area contributed by atoms with E-state index in [1.54, 1.807) is 13.0 Å². The fraction of sp³-hybridized carbons (Fsp3) is 0.811. The van der Waals surface area contributed by atoms with Gasteiger partial charge < -0.3 is 20.9 Å². The van der Waals surface area contributed by atoms with Crippen LogP contribution in [0.15, 0.2) is 11.6 Å². The van der Waals surface area contributed by atoms with E-state index in [9.17, 15) is 24.0 Å². The lowest BCUT2D eigenvalue weighted by molar-refractivity contribution is -0.137. The summed E-state index contributed by atoms with van der Waals surface area (Å²) in [6, 6.07) is -0.742. The second-order valence-electron chi connectivity index (χ2n) is 13.6. The number of hydrogen-bond donors (Lipinski definition) is 3. The van der Waals surface area contributed by atoms with Crippen LogP contribution in [0.1, 0.15) is 139 Å². The average Bonchev–Trinajstić information content (AvgIpc) is 3.80. The van der Waals surface area contributed by atoms with Gasteiger partial charge in [0.25, 0.3) is 0 Å². The van der Waals surface area contributed by atoms with Gasteiger partial charge in [0.1, 0.15) is 6.04 Å². The maximum absolute atomic E-state index is 12.5. The minimum Gasteiger partial charge on any atom is -0.356 e. The van der Waals surface area contributed by atoms with E-state index in [2.05, 4.69) is 43.6 Å². The Hall–Kier alpha value is -2.71. The molecule has 3 aliphatic rings. The zero-order valence-electron chi connectivity index (χ0n) is 30.7. The van der Waals surface area contributed by atoms with E-state index in [0.717, 1.165) is 57.5 Å². The fourth-order valence-electron chi connectivity index (χ4n) is 5.89. The number of likely N-dealkylation sites (tertiary alicyclic amines) is 1. The Morgan fingerprint density at radius 2 is 1.59 bits per heavy atom. The zero-order chi connectivity index (χ0) is 35.1. The van der Waals surface area contributed by atoms with Gasteiger partial charge in [0.2, 0.25) is 24.1 Å².